The lowest BCUT2D eigenvalue weighted by atomic mass is 10.0. The highest BCUT2D eigenvalue weighted by atomic mass is 31.2. The maximum Gasteiger partial charge on any atom is 0.472 e. The summed E-state index contributed by atoms with van der Waals surface area (Å²) in [5, 5.41) is 20.8. The third-order valence-electron chi connectivity index (χ3n) is 19.8. The highest BCUT2D eigenvalue weighted by Crippen LogP contribution is 2.45. The summed E-state index contributed by atoms with van der Waals surface area (Å²) in [6.07, 6.45) is 125. The summed E-state index contributed by atoms with van der Waals surface area (Å²) in [6.45, 7) is 2.35. The number of carbonyl (C=O) groups is 3. The maximum atomic E-state index is 13.1. The van der Waals surface area contributed by atoms with Crippen molar-refractivity contribution in [2.45, 2.75) is 399 Å². The van der Waals surface area contributed by atoms with Gasteiger partial charge in [-0.15, -0.1) is 0 Å². The average molecular weight is 1730 g/mol. The molecule has 5 atom stereocenters. The van der Waals surface area contributed by atoms with Gasteiger partial charge in [-0.2, -0.15) is 0 Å². The van der Waals surface area contributed by atoms with Crippen molar-refractivity contribution in [1.82, 2.24) is 0 Å². The molecule has 0 aliphatic carbocycles. The van der Waals surface area contributed by atoms with Crippen molar-refractivity contribution in [1.29, 1.82) is 0 Å². The zero-order chi connectivity index (χ0) is 87.9. The summed E-state index contributed by atoms with van der Waals surface area (Å²) in [6, 6.07) is 0. The molecule has 0 rings (SSSR count). The Hall–Kier alpha value is -5.61. The van der Waals surface area contributed by atoms with Crippen molar-refractivity contribution in [3.05, 3.63) is 194 Å². The van der Waals surface area contributed by atoms with E-state index in [0.29, 0.717) is 19.3 Å². The van der Waals surface area contributed by atoms with Crippen molar-refractivity contribution in [3.8, 4) is 0 Å². The van der Waals surface area contributed by atoms with E-state index in [9.17, 15) is 43.5 Å². The highest BCUT2D eigenvalue weighted by Gasteiger charge is 2.30. The lowest BCUT2D eigenvalue weighted by molar-refractivity contribution is -0.161. The van der Waals surface area contributed by atoms with E-state index in [2.05, 4.69) is 215 Å². The van der Waals surface area contributed by atoms with E-state index in [1.54, 1.807) is 0 Å². The van der Waals surface area contributed by atoms with Crippen LogP contribution in [0, 0.1) is 0 Å². The quantitative estimate of drug-likeness (QED) is 0.0146. The number of carbonyl (C=O) groups excluding carboxylic acids is 3. The van der Waals surface area contributed by atoms with Gasteiger partial charge >= 0.3 is 33.6 Å². The largest absolute Gasteiger partial charge is 0.472 e. The minimum Gasteiger partial charge on any atom is -0.463 e. The van der Waals surface area contributed by atoms with Crippen LogP contribution in [0.15, 0.2) is 194 Å². The van der Waals surface area contributed by atoms with Crippen molar-refractivity contribution in [3.63, 3.8) is 0 Å². The molecule has 0 aromatic carbocycles. The van der Waals surface area contributed by atoms with E-state index in [1.165, 1.54) is 135 Å². The number of phosphoric ester groups is 2. The Balaban J connectivity index is 4.58. The van der Waals surface area contributed by atoms with Crippen LogP contribution in [0.5, 0.6) is 0 Å². The van der Waals surface area contributed by atoms with Gasteiger partial charge in [0, 0.05) is 19.3 Å². The van der Waals surface area contributed by atoms with Crippen LogP contribution in [-0.4, -0.2) is 95.9 Å². The van der Waals surface area contributed by atoms with Gasteiger partial charge in [0.25, 0.3) is 0 Å². The Morgan fingerprint density at radius 1 is 0.231 bits per heavy atom. The molecule has 5 unspecified atom stereocenters. The first-order valence-corrected chi connectivity index (χ1v) is 50.7. The molecule has 16 nitrogen and oxygen atoms in total. The van der Waals surface area contributed by atoms with Gasteiger partial charge in [0.05, 0.1) is 26.4 Å². The van der Waals surface area contributed by atoms with Crippen molar-refractivity contribution >= 4 is 33.6 Å². The van der Waals surface area contributed by atoms with Crippen LogP contribution >= 0.6 is 15.6 Å². The Labute approximate surface area is 737 Å². The Morgan fingerprint density at radius 3 is 0.653 bits per heavy atom. The zero-order valence-corrected chi connectivity index (χ0v) is 77.9. The van der Waals surface area contributed by atoms with E-state index in [4.69, 9.17) is 32.3 Å². The number of aliphatic hydroxyl groups is 2. The molecule has 0 bridgehead atoms. The fraction of sp³-hybridized carbons (Fsp3) is 0.660. The van der Waals surface area contributed by atoms with Crippen molar-refractivity contribution in [2.75, 3.05) is 39.6 Å². The number of aliphatic hydroxyl groups excluding tert-OH is 2. The molecule has 0 aromatic heterocycles. The van der Waals surface area contributed by atoms with Crippen LogP contribution in [0.25, 0.3) is 0 Å². The number of unbranched alkanes of at least 4 members (excludes halogenated alkanes) is 34. The second-order valence-corrected chi connectivity index (χ2v) is 34.3. The minimum atomic E-state index is -4.95. The summed E-state index contributed by atoms with van der Waals surface area (Å²) in [5.74, 6) is -1.60. The summed E-state index contributed by atoms with van der Waals surface area (Å²) in [4.78, 5) is 59.1. The van der Waals surface area contributed by atoms with Crippen LogP contribution in [0.1, 0.15) is 380 Å². The lowest BCUT2D eigenvalue weighted by Gasteiger charge is -2.21. The van der Waals surface area contributed by atoms with Gasteiger partial charge in [-0.25, -0.2) is 9.13 Å². The average Bonchev–Trinajstić information content (AvgIpc) is 0.882. The number of hydrogen-bond donors (Lipinski definition) is 4. The van der Waals surface area contributed by atoms with E-state index in [1.807, 2.05) is 0 Å². The van der Waals surface area contributed by atoms with Crippen LogP contribution in [0.2, 0.25) is 0 Å². The van der Waals surface area contributed by atoms with Crippen LogP contribution in [-0.2, 0) is 55.8 Å². The predicted molar refractivity (Wildman–Crippen MR) is 509 cm³/mol. The molecule has 0 fully saturated rings. The van der Waals surface area contributed by atoms with Gasteiger partial charge < -0.3 is 34.2 Å². The van der Waals surface area contributed by atoms with E-state index >= 15 is 0 Å². The minimum absolute atomic E-state index is 0.0766. The van der Waals surface area contributed by atoms with Gasteiger partial charge in [-0.3, -0.25) is 32.5 Å². The number of allylic oxidation sites excluding steroid dienone is 32. The Bertz CT molecular complexity index is 2980. The highest BCUT2D eigenvalue weighted by molar-refractivity contribution is 7.47. The summed E-state index contributed by atoms with van der Waals surface area (Å²) in [5.41, 5.74) is 0. The molecule has 4 N–H and O–H groups in total. The summed E-state index contributed by atoms with van der Waals surface area (Å²) < 4.78 is 61.5. The number of hydrogen-bond acceptors (Lipinski definition) is 14. The predicted octanol–water partition coefficient (Wildman–Crippen LogP) is 29.8. The number of esters is 3. The number of rotatable bonds is 89. The standard InChI is InChI=1S/C103H172O16P2/c1-4-7-10-13-16-19-22-25-28-31-34-37-39-41-43-45-47-48-50-52-53-55-57-60-62-65-68-71-74-77-80-83-86-89-101(106)113-92-98(104)93-115-120(109,110)116-94-99(105)95-117-121(111,112)118-97-100(119-103(108)91-88-85-82-79-76-73-70-67-64-59-36-33-30-27-24-21-18-15-12-9-6-3)96-114-102(107)90-87-84-81-78-75-72-69-66-63-61-58-56-54-51-49-46-44-42-40-38-35-32-29-26-23-20-17-14-11-8-5-2/h7-12,16-21,25-30,34-38,41-44,49,51,59,67,70,98-100,104-105H,4-6,13-15,22-24,31-33,39-40,45-48,50,52-58,60-66,68-69,71-97H2,1-3H3,(H,109,110)(H,111,112)/b10-7-,11-8-,12-9-,19-16-,20-17-,21-18-,28-25-,29-26-,30-27-,37-34-,38-35-,43-41-,44-42-,51-49-,59-36-,70-67-. The molecule has 0 aliphatic rings. The third kappa shape index (κ3) is 94.9. The van der Waals surface area contributed by atoms with Crippen LogP contribution < -0.4 is 0 Å². The molecule has 0 saturated heterocycles. The smallest absolute Gasteiger partial charge is 0.463 e. The Morgan fingerprint density at radius 2 is 0.413 bits per heavy atom. The molecule has 0 amide bonds. The number of ether oxygens (including phenoxy) is 3. The summed E-state index contributed by atoms with van der Waals surface area (Å²) >= 11 is 0. The van der Waals surface area contributed by atoms with Crippen molar-refractivity contribution < 1.29 is 75.8 Å². The van der Waals surface area contributed by atoms with Gasteiger partial charge in [0.2, 0.25) is 0 Å². The Kier molecular flexibility index (Phi) is 89.2. The fourth-order valence-corrected chi connectivity index (χ4v) is 14.3. The van der Waals surface area contributed by atoms with Crippen molar-refractivity contribution in [2.24, 2.45) is 0 Å². The van der Waals surface area contributed by atoms with E-state index in [-0.39, 0.29) is 19.3 Å². The molecule has 0 aromatic rings. The van der Waals surface area contributed by atoms with E-state index < -0.39 is 91.5 Å². The second-order valence-electron chi connectivity index (χ2n) is 31.4. The molecule has 0 radical (unpaired) electrons. The molecular formula is C103H172O16P2. The zero-order valence-electron chi connectivity index (χ0n) is 76.1. The third-order valence-corrected chi connectivity index (χ3v) is 21.7. The molecule has 0 aliphatic heterocycles. The molecule has 690 valence electrons. The van der Waals surface area contributed by atoms with Crippen LogP contribution in [0.4, 0.5) is 0 Å². The van der Waals surface area contributed by atoms with Gasteiger partial charge in [-0.1, -0.05) is 395 Å². The normalized spacial score (nSPS) is 14.6. The molecule has 0 saturated carbocycles. The molecule has 0 heterocycles. The molecule has 0 spiro atoms. The molecule has 18 heteroatoms. The second kappa shape index (κ2) is 93.5. The topological polar surface area (TPSA) is 231 Å². The first-order chi connectivity index (χ1) is 59.2. The van der Waals surface area contributed by atoms with Gasteiger partial charge in [0.15, 0.2) is 6.10 Å². The first kappa shape index (κ1) is 115. The van der Waals surface area contributed by atoms with Gasteiger partial charge in [0.1, 0.15) is 25.4 Å². The van der Waals surface area contributed by atoms with Gasteiger partial charge in [-0.05, 0) is 161 Å². The fourth-order valence-electron chi connectivity index (χ4n) is 12.7. The lowest BCUT2D eigenvalue weighted by Crippen LogP contribution is -2.30. The number of phosphoric acid groups is 2. The van der Waals surface area contributed by atoms with E-state index in [0.717, 1.165) is 186 Å². The maximum absolute atomic E-state index is 13.1. The SMILES string of the molecule is CC/C=C\C/C=C\C/C=C\C/C=C\C/C=C\C/C=C\CCCCCCCCCCCCCCC(=O)OCC(COP(=O)(O)OCC(O)COP(=O)(O)OCC(O)COC(=O)CCCCCCCCCCCCCCCCCCC/C=C\C/C=C\C/C=C\C/C=C\C/C=C\CC)OC(=O)CCCCCCC/C=C\C/C=C\C/C=C\C/C=C\C/C=C\CC. The van der Waals surface area contributed by atoms with Crippen LogP contribution in [0.3, 0.4) is 0 Å². The molecular weight excluding hydrogens is 1560 g/mol. The summed E-state index contributed by atoms with van der Waals surface area (Å²) in [7, 11) is -9.82. The monoisotopic (exact) mass is 1730 g/mol. The molecule has 121 heavy (non-hydrogen) atoms. The first-order valence-electron chi connectivity index (χ1n) is 47.7.